The van der Waals surface area contributed by atoms with Crippen molar-refractivity contribution in [2.45, 2.75) is 13.3 Å². The van der Waals surface area contributed by atoms with E-state index in [2.05, 4.69) is 0 Å². The fourth-order valence-corrected chi connectivity index (χ4v) is 2.63. The largest absolute Gasteiger partial charge is 0.460 e. The van der Waals surface area contributed by atoms with Crippen molar-refractivity contribution in [2.75, 3.05) is 6.61 Å². The number of Topliss-reactive ketones (excluding diaryl/α,β-unsaturated/α-hetero) is 1. The number of hydrogen-bond donors (Lipinski definition) is 0. The predicted octanol–water partition coefficient (Wildman–Crippen LogP) is 3.08. The van der Waals surface area contributed by atoms with E-state index in [4.69, 9.17) is 4.74 Å². The average molecular weight is 274 g/mol. The smallest absolute Gasteiger partial charge is 0.380 e. The molecule has 0 unspecified atom stereocenters. The van der Waals surface area contributed by atoms with Crippen LogP contribution in [0.1, 0.15) is 27.7 Å². The standard InChI is InChI=1S/C15H14O3S/c1-2-18-15(17)13(16)14-12(8-9-19-14)10-11-6-4-3-5-7-11/h3-9H,2,10H2,1H3. The number of esters is 1. The molecule has 0 spiro atoms. The van der Waals surface area contributed by atoms with Crippen LogP contribution in [0, 0.1) is 0 Å². The fraction of sp³-hybridized carbons (Fsp3) is 0.200. The van der Waals surface area contributed by atoms with Crippen molar-refractivity contribution < 1.29 is 14.3 Å². The Balaban J connectivity index is 2.18. The van der Waals surface area contributed by atoms with Gasteiger partial charge in [0.05, 0.1) is 11.5 Å². The van der Waals surface area contributed by atoms with Crippen LogP contribution >= 0.6 is 11.3 Å². The number of ether oxygens (including phenoxy) is 1. The molecule has 0 bridgehead atoms. The molecule has 0 atom stereocenters. The molecule has 0 saturated carbocycles. The molecule has 0 aliphatic carbocycles. The van der Waals surface area contributed by atoms with Crippen molar-refractivity contribution >= 4 is 23.1 Å². The summed E-state index contributed by atoms with van der Waals surface area (Å²) in [4.78, 5) is 23.9. The van der Waals surface area contributed by atoms with Crippen molar-refractivity contribution in [3.05, 3.63) is 57.8 Å². The van der Waals surface area contributed by atoms with E-state index in [0.29, 0.717) is 11.3 Å². The summed E-state index contributed by atoms with van der Waals surface area (Å²) in [6.07, 6.45) is 0.644. The highest BCUT2D eigenvalue weighted by atomic mass is 32.1. The van der Waals surface area contributed by atoms with Crippen LogP contribution in [0.3, 0.4) is 0 Å². The molecule has 3 nitrogen and oxygen atoms in total. The van der Waals surface area contributed by atoms with Gasteiger partial charge in [-0.2, -0.15) is 0 Å². The lowest BCUT2D eigenvalue weighted by Crippen LogP contribution is -2.17. The number of thiophene rings is 1. The fourth-order valence-electron chi connectivity index (χ4n) is 1.78. The summed E-state index contributed by atoms with van der Waals surface area (Å²) in [5.74, 6) is -1.33. The topological polar surface area (TPSA) is 43.4 Å². The minimum atomic E-state index is -0.778. The maximum absolute atomic E-state index is 11.9. The number of rotatable bonds is 5. The molecular formula is C15H14O3S. The molecule has 19 heavy (non-hydrogen) atoms. The number of benzene rings is 1. The second-order valence-corrected chi connectivity index (χ2v) is 4.90. The van der Waals surface area contributed by atoms with Gasteiger partial charge in [0.1, 0.15) is 0 Å². The first kappa shape index (κ1) is 13.5. The van der Waals surface area contributed by atoms with Crippen LogP contribution in [-0.4, -0.2) is 18.4 Å². The van der Waals surface area contributed by atoms with Gasteiger partial charge in [-0.25, -0.2) is 4.79 Å². The highest BCUT2D eigenvalue weighted by Crippen LogP contribution is 2.21. The van der Waals surface area contributed by atoms with E-state index >= 15 is 0 Å². The molecule has 0 radical (unpaired) electrons. The van der Waals surface area contributed by atoms with Gasteiger partial charge in [-0.15, -0.1) is 11.3 Å². The summed E-state index contributed by atoms with van der Waals surface area (Å²) in [5.41, 5.74) is 1.98. The summed E-state index contributed by atoms with van der Waals surface area (Å²) >= 11 is 1.28. The Kier molecular flexibility index (Phi) is 4.47. The quantitative estimate of drug-likeness (QED) is 0.478. The molecule has 4 heteroatoms. The first-order valence-corrected chi connectivity index (χ1v) is 6.92. The van der Waals surface area contributed by atoms with Gasteiger partial charge in [0, 0.05) is 0 Å². The monoisotopic (exact) mass is 274 g/mol. The third-order valence-electron chi connectivity index (χ3n) is 2.65. The van der Waals surface area contributed by atoms with E-state index in [-0.39, 0.29) is 6.61 Å². The summed E-state index contributed by atoms with van der Waals surface area (Å²) < 4.78 is 4.75. The van der Waals surface area contributed by atoms with Gasteiger partial charge in [0.2, 0.25) is 0 Å². The molecule has 0 amide bonds. The van der Waals surface area contributed by atoms with Crippen molar-refractivity contribution in [3.63, 3.8) is 0 Å². The minimum Gasteiger partial charge on any atom is -0.460 e. The van der Waals surface area contributed by atoms with Crippen LogP contribution in [-0.2, 0) is 16.0 Å². The van der Waals surface area contributed by atoms with Crippen molar-refractivity contribution in [1.82, 2.24) is 0 Å². The van der Waals surface area contributed by atoms with Crippen LogP contribution in [0.25, 0.3) is 0 Å². The number of ketones is 1. The van der Waals surface area contributed by atoms with Gasteiger partial charge in [0.25, 0.3) is 5.78 Å². The second kappa shape index (κ2) is 6.29. The second-order valence-electron chi connectivity index (χ2n) is 3.99. The van der Waals surface area contributed by atoms with Crippen LogP contribution in [0.15, 0.2) is 41.8 Å². The maximum Gasteiger partial charge on any atom is 0.380 e. The van der Waals surface area contributed by atoms with Gasteiger partial charge < -0.3 is 4.74 Å². The molecule has 0 N–H and O–H groups in total. The van der Waals surface area contributed by atoms with Crippen molar-refractivity contribution in [3.8, 4) is 0 Å². The normalized spacial score (nSPS) is 10.2. The molecule has 1 aromatic carbocycles. The van der Waals surface area contributed by atoms with Gasteiger partial charge in [-0.3, -0.25) is 4.79 Å². The maximum atomic E-state index is 11.9. The molecule has 1 aromatic heterocycles. The van der Waals surface area contributed by atoms with Crippen LogP contribution < -0.4 is 0 Å². The lowest BCUT2D eigenvalue weighted by atomic mass is 10.0. The third-order valence-corrected chi connectivity index (χ3v) is 3.61. The Labute approximate surface area is 115 Å². The van der Waals surface area contributed by atoms with Crippen LogP contribution in [0.5, 0.6) is 0 Å². The molecule has 2 rings (SSSR count). The lowest BCUT2D eigenvalue weighted by Gasteiger charge is -2.03. The van der Waals surface area contributed by atoms with E-state index in [9.17, 15) is 9.59 Å². The molecule has 0 saturated heterocycles. The number of carbonyl (C=O) groups is 2. The lowest BCUT2D eigenvalue weighted by molar-refractivity contribution is -0.137. The molecule has 0 aliphatic rings. The highest BCUT2D eigenvalue weighted by Gasteiger charge is 2.22. The number of carbonyl (C=O) groups excluding carboxylic acids is 2. The van der Waals surface area contributed by atoms with E-state index in [1.54, 1.807) is 6.92 Å². The molecule has 0 aliphatic heterocycles. The highest BCUT2D eigenvalue weighted by molar-refractivity contribution is 7.13. The van der Waals surface area contributed by atoms with Gasteiger partial charge in [-0.1, -0.05) is 30.3 Å². The summed E-state index contributed by atoms with van der Waals surface area (Å²) in [6.45, 7) is 1.90. The van der Waals surface area contributed by atoms with Crippen molar-refractivity contribution in [1.29, 1.82) is 0 Å². The van der Waals surface area contributed by atoms with E-state index < -0.39 is 11.8 Å². The third kappa shape index (κ3) is 3.29. The Hall–Kier alpha value is -1.94. The Morgan fingerprint density at radius 3 is 2.58 bits per heavy atom. The average Bonchev–Trinajstić information content (AvgIpc) is 2.87. The molecular weight excluding hydrogens is 260 g/mol. The molecule has 0 fully saturated rings. The Morgan fingerprint density at radius 1 is 1.16 bits per heavy atom. The van der Waals surface area contributed by atoms with Crippen LogP contribution in [0.2, 0.25) is 0 Å². The predicted molar refractivity (Wildman–Crippen MR) is 74.5 cm³/mol. The first-order chi connectivity index (χ1) is 9.22. The van der Waals surface area contributed by atoms with E-state index in [1.165, 1.54) is 11.3 Å². The Bertz CT molecular complexity index is 572. The van der Waals surface area contributed by atoms with Crippen LogP contribution in [0.4, 0.5) is 0 Å². The molecule has 1 heterocycles. The van der Waals surface area contributed by atoms with Gasteiger partial charge in [-0.05, 0) is 35.9 Å². The molecule has 98 valence electrons. The number of hydrogen-bond acceptors (Lipinski definition) is 4. The SMILES string of the molecule is CCOC(=O)C(=O)c1sccc1Cc1ccccc1. The zero-order valence-corrected chi connectivity index (χ0v) is 11.4. The van der Waals surface area contributed by atoms with Crippen molar-refractivity contribution in [2.24, 2.45) is 0 Å². The summed E-state index contributed by atoms with van der Waals surface area (Å²) in [7, 11) is 0. The zero-order chi connectivity index (χ0) is 13.7. The summed E-state index contributed by atoms with van der Waals surface area (Å²) in [5, 5.41) is 1.82. The molecule has 2 aromatic rings. The Morgan fingerprint density at radius 2 is 1.89 bits per heavy atom. The minimum absolute atomic E-state index is 0.212. The van der Waals surface area contributed by atoms with E-state index in [1.807, 2.05) is 41.8 Å². The summed E-state index contributed by atoms with van der Waals surface area (Å²) in [6, 6.07) is 11.7. The van der Waals surface area contributed by atoms with E-state index in [0.717, 1.165) is 11.1 Å². The van der Waals surface area contributed by atoms with Gasteiger partial charge >= 0.3 is 5.97 Å². The first-order valence-electron chi connectivity index (χ1n) is 6.04. The van der Waals surface area contributed by atoms with Gasteiger partial charge in [0.15, 0.2) is 0 Å². The zero-order valence-electron chi connectivity index (χ0n) is 10.6.